The minimum absolute atomic E-state index is 0.0570. The number of methoxy groups -OCH3 is 1. The number of aliphatic hydroxyl groups excluding tert-OH is 1. The highest BCUT2D eigenvalue weighted by Crippen LogP contribution is 2.28. The maximum atomic E-state index is 12.5. The van der Waals surface area contributed by atoms with Gasteiger partial charge in [0.2, 0.25) is 5.56 Å². The molecule has 3 aromatic carbocycles. The van der Waals surface area contributed by atoms with Crippen molar-refractivity contribution in [3.05, 3.63) is 105 Å². The number of phenolic OH excluding ortho intramolecular Hbond substituents is 1. The number of rotatable bonds is 13. The van der Waals surface area contributed by atoms with E-state index < -0.39 is 6.10 Å². The van der Waals surface area contributed by atoms with Crippen molar-refractivity contribution in [3.8, 4) is 11.5 Å². The number of aromatic amines is 1. The molecule has 0 saturated carbocycles. The Balaban J connectivity index is 1.18. The number of hydrogen-bond donors (Lipinski definition) is 5. The fraction of sp³-hybridized carbons (Fsp3) is 0.258. The normalized spacial score (nSPS) is 11.7. The molecule has 4 rings (SSSR count). The molecule has 0 aliphatic rings. The fourth-order valence-corrected chi connectivity index (χ4v) is 4.34. The van der Waals surface area contributed by atoms with Gasteiger partial charge in [0.15, 0.2) is 0 Å². The fourth-order valence-electron chi connectivity index (χ4n) is 4.34. The average Bonchev–Trinajstić information content (AvgIpc) is 2.97. The van der Waals surface area contributed by atoms with E-state index in [0.29, 0.717) is 48.4 Å². The van der Waals surface area contributed by atoms with Crippen molar-refractivity contribution < 1.29 is 29.3 Å². The van der Waals surface area contributed by atoms with Crippen LogP contribution in [-0.4, -0.2) is 53.9 Å². The SMILES string of the molecule is COC(=O)Cc1cccc(OCCCNC(=O)c2ccc(CNCC(O)c3ccc(O)c4[nH]c(=O)ccc34)cc2)c1. The predicted octanol–water partition coefficient (Wildman–Crippen LogP) is 2.97. The summed E-state index contributed by atoms with van der Waals surface area (Å²) in [5, 5.41) is 27.4. The van der Waals surface area contributed by atoms with Gasteiger partial charge in [-0.1, -0.05) is 30.3 Å². The van der Waals surface area contributed by atoms with Crippen LogP contribution in [0.15, 0.2) is 77.6 Å². The number of esters is 1. The molecule has 41 heavy (non-hydrogen) atoms. The molecule has 0 aliphatic heterocycles. The molecule has 4 aromatic rings. The minimum Gasteiger partial charge on any atom is -0.506 e. The van der Waals surface area contributed by atoms with Crippen LogP contribution in [0.25, 0.3) is 10.9 Å². The third-order valence-electron chi connectivity index (χ3n) is 6.50. The van der Waals surface area contributed by atoms with E-state index in [1.165, 1.54) is 19.2 Å². The Morgan fingerprint density at radius 3 is 2.59 bits per heavy atom. The molecular formula is C31H33N3O7. The van der Waals surface area contributed by atoms with E-state index in [1.807, 2.05) is 30.3 Å². The molecule has 1 aromatic heterocycles. The van der Waals surface area contributed by atoms with Gasteiger partial charge in [0.1, 0.15) is 11.5 Å². The highest BCUT2D eigenvalue weighted by Gasteiger charge is 2.14. The number of ether oxygens (including phenoxy) is 2. The van der Waals surface area contributed by atoms with Gasteiger partial charge in [-0.15, -0.1) is 0 Å². The Hall–Kier alpha value is -4.67. The Kier molecular flexibility index (Phi) is 10.1. The van der Waals surface area contributed by atoms with Crippen LogP contribution in [-0.2, 0) is 22.5 Å². The smallest absolute Gasteiger partial charge is 0.309 e. The second kappa shape index (κ2) is 14.1. The van der Waals surface area contributed by atoms with Crippen LogP contribution < -0.4 is 20.9 Å². The van der Waals surface area contributed by atoms with E-state index in [-0.39, 0.29) is 41.7 Å². The van der Waals surface area contributed by atoms with E-state index >= 15 is 0 Å². The first-order chi connectivity index (χ1) is 19.8. The van der Waals surface area contributed by atoms with Gasteiger partial charge in [0.05, 0.1) is 31.8 Å². The highest BCUT2D eigenvalue weighted by atomic mass is 16.5. The van der Waals surface area contributed by atoms with E-state index in [1.54, 1.807) is 30.3 Å². The number of phenols is 1. The molecule has 1 unspecified atom stereocenters. The standard InChI is InChI=1S/C31H33N3O7/c1-40-29(38)17-21-4-2-5-23(16-21)41-15-3-14-33-31(39)22-8-6-20(7-9-22)18-32-19-27(36)24-10-12-26(35)30-25(24)11-13-28(37)34-30/h2,4-13,16,27,32,35-36H,3,14-15,17-19H2,1H3,(H,33,39)(H,34,37). The van der Waals surface area contributed by atoms with E-state index in [9.17, 15) is 24.6 Å². The molecule has 1 amide bonds. The molecule has 0 saturated heterocycles. The van der Waals surface area contributed by atoms with Crippen LogP contribution in [0.4, 0.5) is 0 Å². The number of pyridine rings is 1. The molecule has 0 radical (unpaired) electrons. The van der Waals surface area contributed by atoms with Gasteiger partial charge in [-0.05, 0) is 59.5 Å². The molecule has 0 bridgehead atoms. The Bertz CT molecular complexity index is 1550. The Morgan fingerprint density at radius 2 is 1.80 bits per heavy atom. The summed E-state index contributed by atoms with van der Waals surface area (Å²) in [5.41, 5.74) is 2.83. The number of H-pyrrole nitrogens is 1. The Labute approximate surface area is 236 Å². The van der Waals surface area contributed by atoms with Gasteiger partial charge in [0, 0.05) is 36.7 Å². The van der Waals surface area contributed by atoms with Gasteiger partial charge in [-0.3, -0.25) is 14.4 Å². The molecule has 1 atom stereocenters. The van der Waals surface area contributed by atoms with Crippen molar-refractivity contribution in [3.63, 3.8) is 0 Å². The summed E-state index contributed by atoms with van der Waals surface area (Å²) in [6.45, 7) is 1.58. The summed E-state index contributed by atoms with van der Waals surface area (Å²) in [5.74, 6) is 0.102. The first-order valence-electron chi connectivity index (χ1n) is 13.2. The second-order valence-corrected chi connectivity index (χ2v) is 9.49. The molecule has 10 heteroatoms. The number of carbonyl (C=O) groups is 2. The summed E-state index contributed by atoms with van der Waals surface area (Å²) in [4.78, 5) is 38.1. The van der Waals surface area contributed by atoms with Gasteiger partial charge < -0.3 is 35.3 Å². The van der Waals surface area contributed by atoms with Crippen LogP contribution >= 0.6 is 0 Å². The monoisotopic (exact) mass is 559 g/mol. The van der Waals surface area contributed by atoms with Crippen LogP contribution in [0.1, 0.15) is 39.6 Å². The van der Waals surface area contributed by atoms with Gasteiger partial charge >= 0.3 is 5.97 Å². The summed E-state index contributed by atoms with van der Waals surface area (Å²) in [7, 11) is 1.35. The first-order valence-corrected chi connectivity index (χ1v) is 13.2. The molecule has 5 N–H and O–H groups in total. The summed E-state index contributed by atoms with van der Waals surface area (Å²) in [6.07, 6.45) is -0.0623. The molecule has 214 valence electrons. The van der Waals surface area contributed by atoms with E-state index in [4.69, 9.17) is 4.74 Å². The number of fused-ring (bicyclic) bond motifs is 1. The lowest BCUT2D eigenvalue weighted by Crippen LogP contribution is -2.25. The lowest BCUT2D eigenvalue weighted by molar-refractivity contribution is -0.139. The maximum Gasteiger partial charge on any atom is 0.309 e. The van der Waals surface area contributed by atoms with Crippen molar-refractivity contribution in [1.29, 1.82) is 0 Å². The molecule has 10 nitrogen and oxygen atoms in total. The molecule has 0 spiro atoms. The lowest BCUT2D eigenvalue weighted by atomic mass is 10.0. The number of nitrogens with one attached hydrogen (secondary N) is 3. The van der Waals surface area contributed by atoms with Gasteiger partial charge in [-0.2, -0.15) is 0 Å². The maximum absolute atomic E-state index is 12.5. The number of aromatic nitrogens is 1. The number of carbonyl (C=O) groups excluding carboxylic acids is 2. The van der Waals surface area contributed by atoms with E-state index in [0.717, 1.165) is 11.1 Å². The highest BCUT2D eigenvalue weighted by molar-refractivity contribution is 5.94. The van der Waals surface area contributed by atoms with Crippen molar-refractivity contribution in [1.82, 2.24) is 15.6 Å². The van der Waals surface area contributed by atoms with Crippen LogP contribution in [0, 0.1) is 0 Å². The lowest BCUT2D eigenvalue weighted by Gasteiger charge is -2.15. The van der Waals surface area contributed by atoms with Crippen LogP contribution in [0.2, 0.25) is 0 Å². The van der Waals surface area contributed by atoms with Crippen LogP contribution in [0.3, 0.4) is 0 Å². The van der Waals surface area contributed by atoms with E-state index in [2.05, 4.69) is 20.4 Å². The molecule has 0 aliphatic carbocycles. The first kappa shape index (κ1) is 29.3. The number of amides is 1. The van der Waals surface area contributed by atoms with Crippen molar-refractivity contribution in [2.45, 2.75) is 25.5 Å². The van der Waals surface area contributed by atoms with Crippen molar-refractivity contribution in [2.24, 2.45) is 0 Å². The van der Waals surface area contributed by atoms with Gasteiger partial charge in [-0.25, -0.2) is 0 Å². The zero-order valence-corrected chi connectivity index (χ0v) is 22.7. The largest absolute Gasteiger partial charge is 0.506 e. The summed E-state index contributed by atoms with van der Waals surface area (Å²) in [6, 6.07) is 20.5. The van der Waals surface area contributed by atoms with Crippen molar-refractivity contribution >= 4 is 22.8 Å². The topological polar surface area (TPSA) is 150 Å². The van der Waals surface area contributed by atoms with Crippen LogP contribution in [0.5, 0.6) is 11.5 Å². The third-order valence-corrected chi connectivity index (χ3v) is 6.50. The number of aliphatic hydroxyl groups is 1. The van der Waals surface area contributed by atoms with Crippen molar-refractivity contribution in [2.75, 3.05) is 26.8 Å². The average molecular weight is 560 g/mol. The summed E-state index contributed by atoms with van der Waals surface area (Å²) < 4.78 is 10.4. The second-order valence-electron chi connectivity index (χ2n) is 9.49. The quantitative estimate of drug-likeness (QED) is 0.124. The molecule has 0 fully saturated rings. The molecular weight excluding hydrogens is 526 g/mol. The molecule has 1 heterocycles. The number of aromatic hydroxyl groups is 1. The van der Waals surface area contributed by atoms with Gasteiger partial charge in [0.25, 0.3) is 5.91 Å². The predicted molar refractivity (Wildman–Crippen MR) is 154 cm³/mol. The Morgan fingerprint density at radius 1 is 1.00 bits per heavy atom. The minimum atomic E-state index is -0.859. The zero-order chi connectivity index (χ0) is 29.2. The number of benzene rings is 3. The third kappa shape index (κ3) is 8.17. The summed E-state index contributed by atoms with van der Waals surface area (Å²) >= 11 is 0. The number of hydrogen-bond acceptors (Lipinski definition) is 8. The zero-order valence-electron chi connectivity index (χ0n) is 22.7.